The van der Waals surface area contributed by atoms with Crippen LogP contribution in [0.1, 0.15) is 17.5 Å². The monoisotopic (exact) mass is 442 g/mol. The fourth-order valence-electron chi connectivity index (χ4n) is 2.75. The molecule has 0 amide bonds. The van der Waals surface area contributed by atoms with Crippen LogP contribution in [-0.4, -0.2) is 53.0 Å². The Bertz CT molecular complexity index is 1120. The van der Waals surface area contributed by atoms with Gasteiger partial charge in [0.2, 0.25) is 0 Å². The molecular formula is C22H22N2O8. The number of carbonyl (C=O) groups excluding carboxylic acids is 3. The van der Waals surface area contributed by atoms with Crippen LogP contribution < -0.4 is 10.4 Å². The molecule has 0 fully saturated rings. The minimum Gasteiger partial charge on any atom is -0.474 e. The van der Waals surface area contributed by atoms with Crippen molar-refractivity contribution in [2.75, 3.05) is 35.0 Å². The highest BCUT2D eigenvalue weighted by molar-refractivity contribution is 6.16. The first kappa shape index (κ1) is 26.0. The summed E-state index contributed by atoms with van der Waals surface area (Å²) >= 11 is 0. The Balaban J connectivity index is 4.15. The third-order valence-electron chi connectivity index (χ3n) is 4.32. The average molecular weight is 442 g/mol. The SMILES string of the molecule is [C-]#[N+]/C(C(=O)OC)=c1\cc(C(=C)COOC)/c(=C(/C#N)C(=O)OC)cc1CCC(=O)OC. The van der Waals surface area contributed by atoms with E-state index in [0.29, 0.717) is 5.56 Å². The molecular weight excluding hydrogens is 420 g/mol. The van der Waals surface area contributed by atoms with Gasteiger partial charge in [-0.1, -0.05) is 18.7 Å². The minimum absolute atomic E-state index is 0.0478. The Morgan fingerprint density at radius 3 is 2.22 bits per heavy atom. The topological polar surface area (TPSA) is 126 Å². The second-order valence-corrected chi connectivity index (χ2v) is 6.09. The predicted octanol–water partition coefficient (Wildman–Crippen LogP) is 0.431. The maximum absolute atomic E-state index is 12.2. The Hall–Kier alpha value is -3.99. The standard InChI is InChI=1S/C22H22N2O8/c1-13(12-32-31-6)15-10-16(20(24-2)22(27)30-5)14(7-8-19(25)28-3)9-17(15)18(11-23)21(26)29-4/h9-10H,1,7-8,12H2,3-6H3/b18-17-,20-16+. The molecule has 1 aromatic carbocycles. The van der Waals surface area contributed by atoms with E-state index < -0.39 is 17.9 Å². The van der Waals surface area contributed by atoms with Crippen LogP contribution in [0.25, 0.3) is 21.7 Å². The van der Waals surface area contributed by atoms with Crippen LogP contribution in [0.5, 0.6) is 0 Å². The second-order valence-electron chi connectivity index (χ2n) is 6.09. The summed E-state index contributed by atoms with van der Waals surface area (Å²) in [4.78, 5) is 48.9. The quantitative estimate of drug-likeness (QED) is 0.176. The van der Waals surface area contributed by atoms with Crippen molar-refractivity contribution in [1.29, 1.82) is 5.26 Å². The van der Waals surface area contributed by atoms with Crippen LogP contribution in [0.15, 0.2) is 18.7 Å². The summed E-state index contributed by atoms with van der Waals surface area (Å²) < 4.78 is 14.1. The van der Waals surface area contributed by atoms with Crippen LogP contribution in [0.4, 0.5) is 0 Å². The van der Waals surface area contributed by atoms with E-state index in [0.717, 1.165) is 14.2 Å². The molecule has 168 valence electrons. The van der Waals surface area contributed by atoms with Crippen molar-refractivity contribution in [1.82, 2.24) is 0 Å². The van der Waals surface area contributed by atoms with Crippen molar-refractivity contribution in [3.05, 3.63) is 51.7 Å². The maximum atomic E-state index is 12.2. The largest absolute Gasteiger partial charge is 0.474 e. The normalized spacial score (nSPS) is 11.9. The molecule has 10 heteroatoms. The van der Waals surface area contributed by atoms with Crippen molar-refractivity contribution in [2.24, 2.45) is 0 Å². The van der Waals surface area contributed by atoms with E-state index >= 15 is 0 Å². The number of nitrogens with zero attached hydrogens (tertiary/aromatic N) is 2. The lowest BCUT2D eigenvalue weighted by Crippen LogP contribution is -2.27. The van der Waals surface area contributed by atoms with Crippen molar-refractivity contribution in [2.45, 2.75) is 12.8 Å². The Morgan fingerprint density at radius 2 is 1.72 bits per heavy atom. The molecule has 0 atom stereocenters. The first-order valence-corrected chi connectivity index (χ1v) is 9.05. The highest BCUT2D eigenvalue weighted by atomic mass is 17.2. The molecule has 32 heavy (non-hydrogen) atoms. The van der Waals surface area contributed by atoms with Crippen molar-refractivity contribution in [3.63, 3.8) is 0 Å². The van der Waals surface area contributed by atoms with Gasteiger partial charge >= 0.3 is 17.9 Å². The summed E-state index contributed by atoms with van der Waals surface area (Å²) in [6.07, 6.45) is -0.0329. The van der Waals surface area contributed by atoms with Crippen LogP contribution in [-0.2, 0) is 44.8 Å². The van der Waals surface area contributed by atoms with Gasteiger partial charge in [0.05, 0.1) is 35.0 Å². The lowest BCUT2D eigenvalue weighted by atomic mass is 9.95. The van der Waals surface area contributed by atoms with Gasteiger partial charge in [-0.2, -0.15) is 5.26 Å². The summed E-state index contributed by atoms with van der Waals surface area (Å²) in [5.74, 6) is -2.32. The number of aryl methyl sites for hydroxylation is 1. The highest BCUT2D eigenvalue weighted by Gasteiger charge is 2.19. The zero-order valence-corrected chi connectivity index (χ0v) is 18.1. The second kappa shape index (κ2) is 12.6. The van der Waals surface area contributed by atoms with Gasteiger partial charge in [-0.05, 0) is 28.3 Å². The molecule has 10 nitrogen and oxygen atoms in total. The van der Waals surface area contributed by atoms with Crippen LogP contribution >= 0.6 is 0 Å². The van der Waals surface area contributed by atoms with E-state index in [1.165, 1.54) is 26.4 Å². The summed E-state index contributed by atoms with van der Waals surface area (Å²) in [7, 11) is 4.76. The molecule has 0 N–H and O–H groups in total. The summed E-state index contributed by atoms with van der Waals surface area (Å²) in [6.45, 7) is 11.2. The average Bonchev–Trinajstić information content (AvgIpc) is 2.81. The number of methoxy groups -OCH3 is 3. The molecule has 0 aliphatic rings. The number of esters is 3. The Kier molecular flexibility index (Phi) is 10.3. The molecule has 1 rings (SSSR count). The van der Waals surface area contributed by atoms with E-state index in [2.05, 4.69) is 21.0 Å². The van der Waals surface area contributed by atoms with Gasteiger partial charge in [0.1, 0.15) is 18.2 Å². The molecule has 0 aliphatic carbocycles. The molecule has 0 unspecified atom stereocenters. The zero-order chi connectivity index (χ0) is 24.3. The number of ether oxygens (including phenoxy) is 3. The van der Waals surface area contributed by atoms with E-state index in [1.807, 2.05) is 0 Å². The third-order valence-corrected chi connectivity index (χ3v) is 4.32. The minimum atomic E-state index is -0.900. The fourth-order valence-corrected chi connectivity index (χ4v) is 2.75. The lowest BCUT2D eigenvalue weighted by Gasteiger charge is -2.12. The number of benzene rings is 1. The number of hydrogen-bond acceptors (Lipinski definition) is 9. The van der Waals surface area contributed by atoms with E-state index in [1.54, 1.807) is 6.07 Å². The van der Waals surface area contributed by atoms with Crippen LogP contribution in [0.3, 0.4) is 0 Å². The van der Waals surface area contributed by atoms with E-state index in [-0.39, 0.29) is 52.3 Å². The molecule has 0 bridgehead atoms. The zero-order valence-electron chi connectivity index (χ0n) is 18.1. The lowest BCUT2D eigenvalue weighted by molar-refractivity contribution is -0.261. The van der Waals surface area contributed by atoms with Crippen LogP contribution in [0, 0.1) is 17.9 Å². The highest BCUT2D eigenvalue weighted by Crippen LogP contribution is 2.12. The molecule has 0 spiro atoms. The van der Waals surface area contributed by atoms with Gasteiger partial charge in [0.15, 0.2) is 0 Å². The molecule has 1 aromatic rings. The number of nitriles is 1. The van der Waals surface area contributed by atoms with Gasteiger partial charge in [0, 0.05) is 11.6 Å². The van der Waals surface area contributed by atoms with Crippen LogP contribution in [0.2, 0.25) is 0 Å². The van der Waals surface area contributed by atoms with Gasteiger partial charge in [-0.25, -0.2) is 19.4 Å². The molecule has 0 saturated carbocycles. The van der Waals surface area contributed by atoms with E-state index in [4.69, 9.17) is 20.9 Å². The predicted molar refractivity (Wildman–Crippen MR) is 111 cm³/mol. The molecule has 0 aliphatic heterocycles. The number of carbonyl (C=O) groups is 3. The third kappa shape index (κ3) is 6.25. The molecule has 0 radical (unpaired) electrons. The summed E-state index contributed by atoms with van der Waals surface area (Å²) in [5, 5.41) is 9.86. The van der Waals surface area contributed by atoms with Crippen molar-refractivity contribution >= 4 is 34.8 Å². The van der Waals surface area contributed by atoms with Gasteiger partial charge in [-0.15, -0.1) is 0 Å². The van der Waals surface area contributed by atoms with Gasteiger partial charge in [-0.3, -0.25) is 9.59 Å². The van der Waals surface area contributed by atoms with Crippen molar-refractivity contribution in [3.8, 4) is 6.07 Å². The number of hydrogen-bond donors (Lipinski definition) is 0. The van der Waals surface area contributed by atoms with E-state index in [9.17, 15) is 19.6 Å². The van der Waals surface area contributed by atoms with Gasteiger partial charge in [0.25, 0.3) is 5.70 Å². The Labute approximate surface area is 184 Å². The van der Waals surface area contributed by atoms with Gasteiger partial charge < -0.3 is 14.2 Å². The Morgan fingerprint density at radius 1 is 1.06 bits per heavy atom. The smallest absolute Gasteiger partial charge is 0.349 e. The first-order chi connectivity index (χ1) is 15.3. The summed E-state index contributed by atoms with van der Waals surface area (Å²) in [6, 6.07) is 4.64. The van der Waals surface area contributed by atoms with Crippen molar-refractivity contribution < 1.29 is 38.4 Å². The fraction of sp³-hybridized carbons (Fsp3) is 0.318. The molecule has 0 heterocycles. The maximum Gasteiger partial charge on any atom is 0.349 e. The number of rotatable bonds is 9. The first-order valence-electron chi connectivity index (χ1n) is 9.05. The summed E-state index contributed by atoms with van der Waals surface area (Å²) in [5.41, 5.74) is 0.175. The molecule has 0 saturated heterocycles. The molecule has 0 aromatic heterocycles.